The first kappa shape index (κ1) is 15.3. The Morgan fingerprint density at radius 1 is 1.24 bits per heavy atom. The van der Waals surface area contributed by atoms with Crippen molar-refractivity contribution < 1.29 is 14.7 Å². The van der Waals surface area contributed by atoms with E-state index >= 15 is 0 Å². The first-order chi connectivity index (χ1) is 10.1. The summed E-state index contributed by atoms with van der Waals surface area (Å²) in [5, 5.41) is 9.03. The minimum Gasteiger partial charge on any atom is -0.480 e. The van der Waals surface area contributed by atoms with E-state index < -0.39 is 11.4 Å². The minimum atomic E-state index is -0.994. The maximum absolute atomic E-state index is 13.0. The van der Waals surface area contributed by atoms with E-state index in [1.165, 1.54) is 4.90 Å². The van der Waals surface area contributed by atoms with Crippen LogP contribution in [0.4, 0.5) is 0 Å². The van der Waals surface area contributed by atoms with Crippen molar-refractivity contribution in [2.45, 2.75) is 31.1 Å². The summed E-state index contributed by atoms with van der Waals surface area (Å²) in [6, 6.07) is 9.72. The molecule has 0 bridgehead atoms. The van der Waals surface area contributed by atoms with E-state index in [0.717, 1.165) is 31.2 Å². The zero-order chi connectivity index (χ0) is 15.3. The molecule has 1 saturated carbocycles. The van der Waals surface area contributed by atoms with E-state index in [-0.39, 0.29) is 19.0 Å². The van der Waals surface area contributed by atoms with Crippen LogP contribution in [0.3, 0.4) is 0 Å². The Bertz CT molecular complexity index is 518. The molecule has 1 aromatic rings. The first-order valence-electron chi connectivity index (χ1n) is 7.28. The second-order valence-corrected chi connectivity index (χ2v) is 5.52. The molecule has 0 aliphatic heterocycles. The third kappa shape index (κ3) is 3.15. The quantitative estimate of drug-likeness (QED) is 0.818. The Morgan fingerprint density at radius 2 is 1.86 bits per heavy atom. The summed E-state index contributed by atoms with van der Waals surface area (Å²) in [5.74, 6) is -1.08. The van der Waals surface area contributed by atoms with E-state index in [0.29, 0.717) is 0 Å². The molecule has 2 rings (SSSR count). The number of carboxylic acid groups (broad SMARTS) is 1. The van der Waals surface area contributed by atoms with Crippen molar-refractivity contribution >= 4 is 11.9 Å². The fourth-order valence-corrected chi connectivity index (χ4v) is 3.20. The number of hydrogen-bond acceptors (Lipinski definition) is 2. The predicted molar refractivity (Wildman–Crippen MR) is 81.0 cm³/mol. The van der Waals surface area contributed by atoms with Gasteiger partial charge in [0.05, 0.1) is 5.41 Å². The molecule has 1 fully saturated rings. The zero-order valence-electron chi connectivity index (χ0n) is 12.1. The topological polar surface area (TPSA) is 57.6 Å². The number of carbonyl (C=O) groups excluding carboxylic acids is 1. The number of aliphatic carboxylic acids is 1. The van der Waals surface area contributed by atoms with Gasteiger partial charge in [0.25, 0.3) is 0 Å². The third-order valence-electron chi connectivity index (χ3n) is 4.16. The maximum Gasteiger partial charge on any atom is 0.323 e. The van der Waals surface area contributed by atoms with Gasteiger partial charge in [-0.1, -0.05) is 49.2 Å². The van der Waals surface area contributed by atoms with Gasteiger partial charge in [-0.25, -0.2) is 0 Å². The average molecular weight is 287 g/mol. The Hall–Kier alpha value is -2.10. The molecule has 0 atom stereocenters. The summed E-state index contributed by atoms with van der Waals surface area (Å²) >= 11 is 0. The smallest absolute Gasteiger partial charge is 0.323 e. The van der Waals surface area contributed by atoms with Crippen molar-refractivity contribution in [2.75, 3.05) is 13.1 Å². The van der Waals surface area contributed by atoms with Gasteiger partial charge in [-0.05, 0) is 18.4 Å². The van der Waals surface area contributed by atoms with Crippen molar-refractivity contribution in [3.8, 4) is 0 Å². The molecule has 0 unspecified atom stereocenters. The highest BCUT2D eigenvalue weighted by atomic mass is 16.4. The lowest BCUT2D eigenvalue weighted by Crippen LogP contribution is -2.47. The van der Waals surface area contributed by atoms with Crippen molar-refractivity contribution in [2.24, 2.45) is 0 Å². The van der Waals surface area contributed by atoms with Gasteiger partial charge in [0.2, 0.25) is 5.91 Å². The van der Waals surface area contributed by atoms with Gasteiger partial charge in [-0.2, -0.15) is 0 Å². The zero-order valence-corrected chi connectivity index (χ0v) is 12.1. The second kappa shape index (κ2) is 6.57. The van der Waals surface area contributed by atoms with Crippen LogP contribution < -0.4 is 0 Å². The fourth-order valence-electron chi connectivity index (χ4n) is 3.20. The van der Waals surface area contributed by atoms with E-state index in [4.69, 9.17) is 5.11 Å². The molecular formula is C17H21NO3. The Labute approximate surface area is 125 Å². The van der Waals surface area contributed by atoms with Crippen LogP contribution in [0.15, 0.2) is 43.0 Å². The Balaban J connectivity index is 2.34. The summed E-state index contributed by atoms with van der Waals surface area (Å²) in [4.78, 5) is 25.4. The van der Waals surface area contributed by atoms with Crippen LogP contribution >= 0.6 is 0 Å². The third-order valence-corrected chi connectivity index (χ3v) is 4.16. The second-order valence-electron chi connectivity index (χ2n) is 5.52. The molecule has 21 heavy (non-hydrogen) atoms. The molecule has 0 radical (unpaired) electrons. The lowest BCUT2D eigenvalue weighted by molar-refractivity contribution is -0.146. The van der Waals surface area contributed by atoms with Crippen LogP contribution in [-0.4, -0.2) is 35.0 Å². The number of amides is 1. The van der Waals surface area contributed by atoms with Crippen molar-refractivity contribution in [1.29, 1.82) is 0 Å². The van der Waals surface area contributed by atoms with E-state index in [9.17, 15) is 9.59 Å². The highest BCUT2D eigenvalue weighted by molar-refractivity contribution is 5.91. The number of rotatable bonds is 6. The molecule has 0 saturated heterocycles. The summed E-state index contributed by atoms with van der Waals surface area (Å²) in [7, 11) is 0. The highest BCUT2D eigenvalue weighted by Gasteiger charge is 2.44. The van der Waals surface area contributed by atoms with Gasteiger partial charge in [0.15, 0.2) is 0 Å². The van der Waals surface area contributed by atoms with Crippen LogP contribution in [0, 0.1) is 0 Å². The van der Waals surface area contributed by atoms with E-state index in [1.54, 1.807) is 6.08 Å². The van der Waals surface area contributed by atoms with Gasteiger partial charge in [0, 0.05) is 6.54 Å². The van der Waals surface area contributed by atoms with Crippen molar-refractivity contribution in [1.82, 2.24) is 4.90 Å². The molecule has 1 amide bonds. The molecule has 112 valence electrons. The predicted octanol–water partition coefficient (Wildman–Crippen LogP) is 2.60. The largest absolute Gasteiger partial charge is 0.480 e. The lowest BCUT2D eigenvalue weighted by Gasteiger charge is -2.33. The molecule has 0 heterocycles. The number of benzene rings is 1. The standard InChI is InChI=1S/C17H21NO3/c1-2-12-18(13-15(19)20)16(21)17(10-6-7-11-17)14-8-4-3-5-9-14/h2-5,8-9H,1,6-7,10-13H2,(H,19,20). The molecule has 0 spiro atoms. The molecule has 0 aromatic heterocycles. The van der Waals surface area contributed by atoms with Crippen LogP contribution in [0.5, 0.6) is 0 Å². The SMILES string of the molecule is C=CCN(CC(=O)O)C(=O)C1(c2ccccc2)CCCC1. The van der Waals surface area contributed by atoms with Crippen LogP contribution in [-0.2, 0) is 15.0 Å². The van der Waals surface area contributed by atoms with Crippen LogP contribution in [0.25, 0.3) is 0 Å². The number of hydrogen-bond donors (Lipinski definition) is 1. The maximum atomic E-state index is 13.0. The van der Waals surface area contributed by atoms with Gasteiger partial charge in [0.1, 0.15) is 6.54 Å². The summed E-state index contributed by atoms with van der Waals surface area (Å²) in [6.07, 6.45) is 5.13. The first-order valence-corrected chi connectivity index (χ1v) is 7.28. The van der Waals surface area contributed by atoms with Gasteiger partial charge in [-0.3, -0.25) is 9.59 Å². The normalized spacial score (nSPS) is 16.4. The summed E-state index contributed by atoms with van der Waals surface area (Å²) < 4.78 is 0. The number of nitrogens with zero attached hydrogens (tertiary/aromatic N) is 1. The van der Waals surface area contributed by atoms with E-state index in [1.807, 2.05) is 30.3 Å². The fraction of sp³-hybridized carbons (Fsp3) is 0.412. The molecule has 4 nitrogen and oxygen atoms in total. The Morgan fingerprint density at radius 3 is 2.38 bits per heavy atom. The van der Waals surface area contributed by atoms with Gasteiger partial charge in [-0.15, -0.1) is 6.58 Å². The van der Waals surface area contributed by atoms with Gasteiger partial charge < -0.3 is 10.0 Å². The van der Waals surface area contributed by atoms with Crippen LogP contribution in [0.2, 0.25) is 0 Å². The van der Waals surface area contributed by atoms with Crippen molar-refractivity contribution in [3.63, 3.8) is 0 Å². The van der Waals surface area contributed by atoms with Gasteiger partial charge >= 0.3 is 5.97 Å². The number of carboxylic acids is 1. The molecule has 1 aromatic carbocycles. The molecule has 4 heteroatoms. The molecular weight excluding hydrogens is 266 g/mol. The number of carbonyl (C=O) groups is 2. The average Bonchev–Trinajstić information content (AvgIpc) is 2.97. The minimum absolute atomic E-state index is 0.0894. The molecule has 1 N–H and O–H groups in total. The molecule has 1 aliphatic carbocycles. The van der Waals surface area contributed by atoms with E-state index in [2.05, 4.69) is 6.58 Å². The summed E-state index contributed by atoms with van der Waals surface area (Å²) in [6.45, 7) is 3.61. The molecule has 1 aliphatic rings. The monoisotopic (exact) mass is 287 g/mol. The summed E-state index contributed by atoms with van der Waals surface area (Å²) in [5.41, 5.74) is 0.423. The lowest BCUT2D eigenvalue weighted by atomic mass is 9.77. The highest BCUT2D eigenvalue weighted by Crippen LogP contribution is 2.42. The van der Waals surface area contributed by atoms with Crippen LogP contribution in [0.1, 0.15) is 31.2 Å². The Kier molecular flexibility index (Phi) is 4.78. The van der Waals surface area contributed by atoms with Crippen molar-refractivity contribution in [3.05, 3.63) is 48.6 Å².